The fraction of sp³-hybridized carbons (Fsp3) is 0.746. The molecule has 1 aromatic carbocycles. The van der Waals surface area contributed by atoms with Crippen LogP contribution in [0.5, 0.6) is 5.75 Å². The summed E-state index contributed by atoms with van der Waals surface area (Å²) in [6.45, 7) is 26.5. The number of alkyl carbamates (subject to hydrolysis) is 2. The van der Waals surface area contributed by atoms with Gasteiger partial charge in [-0.2, -0.15) is 0 Å². The first kappa shape index (κ1) is 97.4. The Labute approximate surface area is 635 Å². The smallest absolute Gasteiger partial charge is 0.460 e. The molecular formula is C71H122ClN11O24. The number of halogens is 1. The molecule has 612 valence electrons. The first-order valence-electron chi connectivity index (χ1n) is 36.2. The Balaban J connectivity index is 0.0000572. The lowest BCUT2D eigenvalue weighted by Crippen LogP contribution is -2.58. The van der Waals surface area contributed by atoms with E-state index in [1.165, 1.54) is 24.3 Å². The summed E-state index contributed by atoms with van der Waals surface area (Å²) in [7, 11) is 0. The Morgan fingerprint density at radius 1 is 0.458 bits per heavy atom. The van der Waals surface area contributed by atoms with Gasteiger partial charge in [-0.1, -0.05) is 18.6 Å². The highest BCUT2D eigenvalue weighted by atomic mass is 35.5. The number of nitrogens with one attached hydrogen (secondary N) is 9. The lowest BCUT2D eigenvalue weighted by atomic mass is 10.0. The highest BCUT2D eigenvalue weighted by Crippen LogP contribution is 2.18. The molecule has 107 heavy (non-hydrogen) atoms. The van der Waals surface area contributed by atoms with E-state index >= 15 is 0 Å². The molecule has 0 saturated carbocycles. The Morgan fingerprint density at radius 2 is 0.869 bits per heavy atom. The van der Waals surface area contributed by atoms with Crippen LogP contribution in [0.3, 0.4) is 0 Å². The zero-order valence-corrected chi connectivity index (χ0v) is 65.5. The molecule has 0 spiro atoms. The molecule has 1 heterocycles. The minimum atomic E-state index is -1.66. The third kappa shape index (κ3) is 53.8. The average Bonchev–Trinajstić information content (AvgIpc) is 1.72. The fourth-order valence-corrected chi connectivity index (χ4v) is 9.14. The van der Waals surface area contributed by atoms with E-state index in [0.29, 0.717) is 143 Å². The number of unbranched alkanes of at least 4 members (excludes halogenated alkanes) is 3. The molecule has 9 amide bonds. The monoisotopic (exact) mass is 1550 g/mol. The van der Waals surface area contributed by atoms with Crippen molar-refractivity contribution >= 4 is 84.0 Å². The van der Waals surface area contributed by atoms with Crippen molar-refractivity contribution in [3.05, 3.63) is 29.8 Å². The Kier molecular flexibility index (Phi) is 50.0. The maximum Gasteiger partial charge on any atom is 0.514 e. The van der Waals surface area contributed by atoms with Gasteiger partial charge in [-0.15, -0.1) is 12.4 Å². The van der Waals surface area contributed by atoms with Gasteiger partial charge in [0.05, 0.1) is 119 Å². The number of carbonyl (C=O) groups excluding carboxylic acids is 11. The van der Waals surface area contributed by atoms with Gasteiger partial charge >= 0.3 is 24.3 Å². The third-order valence-corrected chi connectivity index (χ3v) is 13.9. The summed E-state index contributed by atoms with van der Waals surface area (Å²) in [5.41, 5.74) is 2.05. The lowest BCUT2D eigenvalue weighted by Gasteiger charge is -2.26. The molecule has 11 N–H and O–H groups in total. The number of hydrogen-bond acceptors (Lipinski definition) is 26. The highest BCUT2D eigenvalue weighted by molar-refractivity contribution is 6.01. The Bertz CT molecular complexity index is 2800. The minimum Gasteiger partial charge on any atom is -0.460 e. The lowest BCUT2D eigenvalue weighted by molar-refractivity contribution is -0.156. The summed E-state index contributed by atoms with van der Waals surface area (Å²) in [6.07, 6.45) is -1.36. The van der Waals surface area contributed by atoms with Crippen LogP contribution < -0.4 is 58.3 Å². The second-order valence-corrected chi connectivity index (χ2v) is 28.3. The van der Waals surface area contributed by atoms with E-state index in [2.05, 4.69) is 52.8 Å². The van der Waals surface area contributed by atoms with E-state index in [0.717, 1.165) is 0 Å². The number of hydrogen-bond donors (Lipinski definition) is 10. The summed E-state index contributed by atoms with van der Waals surface area (Å²) in [5.74, 6) is -6.11. The van der Waals surface area contributed by atoms with E-state index < -0.39 is 113 Å². The minimum absolute atomic E-state index is 0. The van der Waals surface area contributed by atoms with E-state index in [9.17, 15) is 52.7 Å². The number of rotatable bonds is 46. The summed E-state index contributed by atoms with van der Waals surface area (Å²) in [5, 5.41) is 23.4. The van der Waals surface area contributed by atoms with Crippen LogP contribution in [0.2, 0.25) is 0 Å². The topological polar surface area (TPSA) is 454 Å². The van der Waals surface area contributed by atoms with Crippen LogP contribution in [0.25, 0.3) is 0 Å². The average molecular weight is 1550 g/mol. The predicted octanol–water partition coefficient (Wildman–Crippen LogP) is 3.40. The van der Waals surface area contributed by atoms with Crippen molar-refractivity contribution in [1.82, 2.24) is 47.9 Å². The summed E-state index contributed by atoms with van der Waals surface area (Å²) in [4.78, 5) is 152. The Morgan fingerprint density at radius 3 is 1.35 bits per heavy atom. The van der Waals surface area contributed by atoms with Crippen LogP contribution in [0, 0.1) is 0 Å². The van der Waals surface area contributed by atoms with E-state index in [1.807, 2.05) is 0 Å². The molecule has 36 heteroatoms. The second kappa shape index (κ2) is 54.9. The number of benzene rings is 1. The standard InChI is InChI=1S/C71H121N11O24.ClH/c1-68(2,3)103-59(86)48-55-63(90)80-54(47-50-22-24-51(25-23-50)102-67(93)106-71(10,11)12)62(89)79-53(61(88)78-52(60(87)76-49-58(85)77-55)20-18-30-75-64(81-65(91)104-69(4,5)6)82-66(92)105-70(7,8)9)19-15-17-29-73-56(83)21-14-13-16-28-74-57(84)26-31-94-33-35-96-37-39-98-41-43-100-45-46-101-44-42-99-40-38-97-36-34-95-32-27-72;/h22-25,52-55H,13-21,26-49,72H2,1-12H3,(H,73,83)(H,74,84)(H,76,87)(H,77,85)(H,78,88)(H,79,89)(H,80,90)(H2,75,81,82,91,92);1H/t52-,53-,54+,55-;/m0./s1. The van der Waals surface area contributed by atoms with Gasteiger partial charge in [0.15, 0.2) is 0 Å². The van der Waals surface area contributed by atoms with Crippen molar-refractivity contribution in [3.63, 3.8) is 0 Å². The number of amides is 9. The molecule has 35 nitrogen and oxygen atoms in total. The summed E-state index contributed by atoms with van der Waals surface area (Å²) >= 11 is 0. The first-order valence-corrected chi connectivity index (χ1v) is 36.2. The van der Waals surface area contributed by atoms with Crippen molar-refractivity contribution in [2.75, 3.05) is 138 Å². The van der Waals surface area contributed by atoms with Crippen molar-refractivity contribution < 1.29 is 114 Å². The van der Waals surface area contributed by atoms with Crippen LogP contribution in [0.15, 0.2) is 29.3 Å². The number of esters is 1. The van der Waals surface area contributed by atoms with Crippen LogP contribution in [0.4, 0.5) is 14.4 Å². The van der Waals surface area contributed by atoms with Gasteiger partial charge in [0, 0.05) is 45.4 Å². The van der Waals surface area contributed by atoms with Crippen LogP contribution in [-0.2, 0) is 102 Å². The van der Waals surface area contributed by atoms with Gasteiger partial charge in [0.25, 0.3) is 0 Å². The molecule has 0 bridgehead atoms. The molecule has 0 aliphatic carbocycles. The molecule has 1 saturated heterocycles. The molecule has 1 fully saturated rings. The number of guanidine groups is 1. The summed E-state index contributed by atoms with van der Waals surface area (Å²) in [6, 6.07) is -0.0925. The maximum atomic E-state index is 14.7. The van der Waals surface area contributed by atoms with E-state index in [1.54, 1.807) is 83.1 Å². The van der Waals surface area contributed by atoms with Gasteiger partial charge in [0.2, 0.25) is 47.3 Å². The SMILES string of the molecule is CC(C)(C)OC(=O)C[C@@H]1NC(=O)CNC(=O)[C@H](CCCN=C(NC(=O)OC(C)(C)C)NC(=O)OC(C)(C)C)NC(=O)[C@H](CCCCNC(=O)CCCCCNC(=O)CCOCCOCCOCCOCCOCCOCCOCCOCCN)NC(=O)[C@@H](Cc2ccc(OC(=O)OC(C)(C)C)cc2)NC1=O.Cl. The molecular weight excluding hydrogens is 1430 g/mol. The number of nitrogens with zero attached hydrogens (tertiary/aromatic N) is 1. The molecule has 0 aromatic heterocycles. The molecule has 2 rings (SSSR count). The number of ether oxygens (including phenoxy) is 13. The van der Waals surface area contributed by atoms with E-state index in [-0.39, 0.29) is 101 Å². The van der Waals surface area contributed by atoms with Gasteiger partial charge in [-0.3, -0.25) is 54.0 Å². The number of nitrogens with two attached hydrogens (primary N) is 1. The number of aliphatic imine (C=N–C) groups is 1. The molecule has 1 aromatic rings. The zero-order valence-electron chi connectivity index (χ0n) is 64.7. The second-order valence-electron chi connectivity index (χ2n) is 28.3. The predicted molar refractivity (Wildman–Crippen MR) is 394 cm³/mol. The van der Waals surface area contributed by atoms with Gasteiger partial charge in [0.1, 0.15) is 52.3 Å². The Hall–Kier alpha value is -7.61. The van der Waals surface area contributed by atoms with Gasteiger partial charge in [-0.05, 0) is 146 Å². The zero-order chi connectivity index (χ0) is 78.8. The quantitative estimate of drug-likeness (QED) is 0.0112. The van der Waals surface area contributed by atoms with E-state index in [4.69, 9.17) is 67.3 Å². The third-order valence-electron chi connectivity index (χ3n) is 13.9. The summed E-state index contributed by atoms with van der Waals surface area (Å²) < 4.78 is 70.3. The van der Waals surface area contributed by atoms with Crippen molar-refractivity contribution in [3.8, 4) is 5.75 Å². The van der Waals surface area contributed by atoms with Crippen molar-refractivity contribution in [2.24, 2.45) is 10.7 Å². The van der Waals surface area contributed by atoms with Crippen molar-refractivity contribution in [2.45, 2.75) is 207 Å². The first-order chi connectivity index (χ1) is 50.1. The highest BCUT2D eigenvalue weighted by Gasteiger charge is 2.35. The van der Waals surface area contributed by atoms with Crippen LogP contribution >= 0.6 is 12.4 Å². The molecule has 4 atom stereocenters. The molecule has 0 radical (unpaired) electrons. The number of carbonyl (C=O) groups is 11. The molecule has 0 unspecified atom stereocenters. The van der Waals surface area contributed by atoms with Crippen LogP contribution in [0.1, 0.15) is 159 Å². The largest absolute Gasteiger partial charge is 0.514 e. The van der Waals surface area contributed by atoms with Crippen LogP contribution in [-0.4, -0.2) is 257 Å². The fourth-order valence-electron chi connectivity index (χ4n) is 9.14. The van der Waals surface area contributed by atoms with Crippen molar-refractivity contribution in [1.29, 1.82) is 0 Å². The normalized spacial score (nSPS) is 16.1. The molecule has 1 aliphatic heterocycles. The maximum absolute atomic E-state index is 14.7. The van der Waals surface area contributed by atoms with Gasteiger partial charge in [-0.25, -0.2) is 14.4 Å². The van der Waals surface area contributed by atoms with Gasteiger partial charge < -0.3 is 105 Å². The molecule has 1 aliphatic rings.